The number of halogens is 1. The molecule has 10 heavy (non-hydrogen) atoms. The molecule has 0 aromatic carbocycles. The molecule has 0 aromatic heterocycles. The van der Waals surface area contributed by atoms with E-state index in [-0.39, 0.29) is 0 Å². The quantitative estimate of drug-likeness (QED) is 0.490. The summed E-state index contributed by atoms with van der Waals surface area (Å²) in [6.07, 6.45) is 3.75. The molecule has 0 spiro atoms. The summed E-state index contributed by atoms with van der Waals surface area (Å²) in [5, 5.41) is 0. The van der Waals surface area contributed by atoms with E-state index in [0.29, 0.717) is 5.92 Å². The van der Waals surface area contributed by atoms with Gasteiger partial charge < -0.3 is 0 Å². The van der Waals surface area contributed by atoms with Gasteiger partial charge in [-0.3, -0.25) is 0 Å². The summed E-state index contributed by atoms with van der Waals surface area (Å²) in [6.45, 7) is 6.00. The second-order valence-electron chi connectivity index (χ2n) is 2.78. The molecule has 62 valence electrons. The predicted octanol–water partition coefficient (Wildman–Crippen LogP) is 3.56. The Bertz CT molecular complexity index is 61.1. The number of hydrogen-bond acceptors (Lipinski definition) is 0. The third-order valence-corrected chi connectivity index (χ3v) is 2.01. The van der Waals surface area contributed by atoms with E-state index in [2.05, 4.69) is 0 Å². The first-order chi connectivity index (χ1) is 4.80. The lowest BCUT2D eigenvalue weighted by molar-refractivity contribution is 0.179. The summed E-state index contributed by atoms with van der Waals surface area (Å²) in [7, 11) is 0. The molecule has 0 saturated heterocycles. The van der Waals surface area contributed by atoms with Gasteiger partial charge in [-0.15, -0.1) is 0 Å². The molecule has 0 N–H and O–H groups in total. The predicted molar refractivity (Wildman–Crippen MR) is 43.9 cm³/mol. The van der Waals surface area contributed by atoms with Crippen molar-refractivity contribution in [3.8, 4) is 0 Å². The Hall–Kier alpha value is -0.0700. The molecule has 0 aromatic rings. The van der Waals surface area contributed by atoms with Crippen LogP contribution in [0.5, 0.6) is 0 Å². The Morgan fingerprint density at radius 2 is 1.60 bits per heavy atom. The largest absolute Gasteiger partial charge is 0.247 e. The minimum absolute atomic E-state index is 0.337. The van der Waals surface area contributed by atoms with E-state index in [0.717, 1.165) is 19.3 Å². The van der Waals surface area contributed by atoms with Crippen molar-refractivity contribution < 1.29 is 4.39 Å². The van der Waals surface area contributed by atoms with E-state index in [1.54, 1.807) is 0 Å². The molecule has 0 radical (unpaired) electrons. The van der Waals surface area contributed by atoms with Crippen molar-refractivity contribution in [2.45, 2.75) is 52.6 Å². The highest BCUT2D eigenvalue weighted by molar-refractivity contribution is 4.70. The van der Waals surface area contributed by atoms with Crippen LogP contribution in [-0.4, -0.2) is 6.17 Å². The van der Waals surface area contributed by atoms with Crippen molar-refractivity contribution in [1.82, 2.24) is 0 Å². The summed E-state index contributed by atoms with van der Waals surface area (Å²) < 4.78 is 12.6. The zero-order chi connectivity index (χ0) is 7.98. The molecule has 1 heteroatoms. The SMILES string of the molecule is CC.CC1CCCCC1F. The Balaban J connectivity index is 0.000000371. The molecule has 0 nitrogen and oxygen atoms in total. The van der Waals surface area contributed by atoms with E-state index < -0.39 is 6.17 Å². The third kappa shape index (κ3) is 3.19. The van der Waals surface area contributed by atoms with Gasteiger partial charge in [0, 0.05) is 0 Å². The summed E-state index contributed by atoms with van der Waals surface area (Å²) in [5.41, 5.74) is 0. The summed E-state index contributed by atoms with van der Waals surface area (Å²) >= 11 is 0. The van der Waals surface area contributed by atoms with Crippen molar-refractivity contribution in [3.63, 3.8) is 0 Å². The Kier molecular flexibility index (Phi) is 5.66. The molecule has 0 amide bonds. The molecule has 1 fully saturated rings. The van der Waals surface area contributed by atoms with Gasteiger partial charge >= 0.3 is 0 Å². The van der Waals surface area contributed by atoms with Gasteiger partial charge in [-0.25, -0.2) is 4.39 Å². The van der Waals surface area contributed by atoms with Crippen LogP contribution >= 0.6 is 0 Å². The Morgan fingerprint density at radius 1 is 1.10 bits per heavy atom. The highest BCUT2D eigenvalue weighted by Gasteiger charge is 2.19. The minimum atomic E-state index is -0.497. The van der Waals surface area contributed by atoms with Gasteiger partial charge in [0.05, 0.1) is 0 Å². The van der Waals surface area contributed by atoms with Gasteiger partial charge in [-0.05, 0) is 18.8 Å². The molecule has 0 heterocycles. The zero-order valence-electron chi connectivity index (χ0n) is 7.36. The summed E-state index contributed by atoms with van der Waals surface area (Å²) in [6, 6.07) is 0. The monoisotopic (exact) mass is 146 g/mol. The van der Waals surface area contributed by atoms with Crippen LogP contribution < -0.4 is 0 Å². The highest BCUT2D eigenvalue weighted by atomic mass is 19.1. The fraction of sp³-hybridized carbons (Fsp3) is 1.00. The van der Waals surface area contributed by atoms with Crippen molar-refractivity contribution >= 4 is 0 Å². The van der Waals surface area contributed by atoms with Gasteiger partial charge in [0.25, 0.3) is 0 Å². The number of alkyl halides is 1. The first-order valence-corrected chi connectivity index (χ1v) is 4.45. The molecular weight excluding hydrogens is 127 g/mol. The Morgan fingerprint density at radius 3 is 1.90 bits per heavy atom. The maximum atomic E-state index is 12.6. The van der Waals surface area contributed by atoms with Crippen LogP contribution in [0, 0.1) is 5.92 Å². The molecule has 1 rings (SSSR count). The van der Waals surface area contributed by atoms with Crippen molar-refractivity contribution in [3.05, 3.63) is 0 Å². The number of hydrogen-bond donors (Lipinski definition) is 0. The molecule has 0 bridgehead atoms. The van der Waals surface area contributed by atoms with Crippen LogP contribution in [0.15, 0.2) is 0 Å². The lowest BCUT2D eigenvalue weighted by atomic mass is 9.89. The van der Waals surface area contributed by atoms with Gasteiger partial charge in [0.15, 0.2) is 0 Å². The minimum Gasteiger partial charge on any atom is -0.247 e. The van der Waals surface area contributed by atoms with Crippen LogP contribution in [0.2, 0.25) is 0 Å². The van der Waals surface area contributed by atoms with Gasteiger partial charge in [-0.1, -0.05) is 33.6 Å². The van der Waals surface area contributed by atoms with Crippen LogP contribution in [0.3, 0.4) is 0 Å². The summed E-state index contributed by atoms with van der Waals surface area (Å²) in [4.78, 5) is 0. The topological polar surface area (TPSA) is 0 Å². The maximum Gasteiger partial charge on any atom is 0.103 e. The fourth-order valence-corrected chi connectivity index (χ4v) is 1.27. The van der Waals surface area contributed by atoms with Crippen LogP contribution in [-0.2, 0) is 0 Å². The molecule has 2 unspecified atom stereocenters. The molecule has 1 saturated carbocycles. The van der Waals surface area contributed by atoms with Crippen molar-refractivity contribution in [1.29, 1.82) is 0 Å². The second kappa shape index (κ2) is 5.70. The second-order valence-corrected chi connectivity index (χ2v) is 2.78. The van der Waals surface area contributed by atoms with Crippen LogP contribution in [0.4, 0.5) is 4.39 Å². The lowest BCUT2D eigenvalue weighted by Gasteiger charge is -2.21. The van der Waals surface area contributed by atoms with Crippen molar-refractivity contribution in [2.24, 2.45) is 5.92 Å². The van der Waals surface area contributed by atoms with Gasteiger partial charge in [0.1, 0.15) is 6.17 Å². The normalized spacial score (nSPS) is 32.4. The average molecular weight is 146 g/mol. The standard InChI is InChI=1S/C7H13F.C2H6/c1-6-4-2-3-5-7(6)8;1-2/h6-7H,2-5H2,1H3;1-2H3. The van der Waals surface area contributed by atoms with E-state index in [9.17, 15) is 4.39 Å². The van der Waals surface area contributed by atoms with Gasteiger partial charge in [0.2, 0.25) is 0 Å². The molecule has 0 aliphatic heterocycles. The van der Waals surface area contributed by atoms with Gasteiger partial charge in [-0.2, -0.15) is 0 Å². The van der Waals surface area contributed by atoms with Crippen LogP contribution in [0.25, 0.3) is 0 Å². The smallest absolute Gasteiger partial charge is 0.103 e. The third-order valence-electron chi connectivity index (χ3n) is 2.01. The molecule has 2 atom stereocenters. The Labute approximate surface area is 63.8 Å². The van der Waals surface area contributed by atoms with E-state index in [1.807, 2.05) is 20.8 Å². The first kappa shape index (κ1) is 9.93. The highest BCUT2D eigenvalue weighted by Crippen LogP contribution is 2.25. The zero-order valence-corrected chi connectivity index (χ0v) is 7.36. The van der Waals surface area contributed by atoms with E-state index >= 15 is 0 Å². The lowest BCUT2D eigenvalue weighted by Crippen LogP contribution is -2.16. The number of rotatable bonds is 0. The van der Waals surface area contributed by atoms with E-state index in [4.69, 9.17) is 0 Å². The van der Waals surface area contributed by atoms with Crippen LogP contribution in [0.1, 0.15) is 46.5 Å². The summed E-state index contributed by atoms with van der Waals surface area (Å²) in [5.74, 6) is 0.337. The average Bonchev–Trinajstić information content (AvgIpc) is 2.00. The molecule has 1 aliphatic rings. The first-order valence-electron chi connectivity index (χ1n) is 4.45. The van der Waals surface area contributed by atoms with E-state index in [1.165, 1.54) is 6.42 Å². The fourth-order valence-electron chi connectivity index (χ4n) is 1.27. The molecule has 1 aliphatic carbocycles. The van der Waals surface area contributed by atoms with Crippen molar-refractivity contribution in [2.75, 3.05) is 0 Å². The maximum absolute atomic E-state index is 12.6. The molecular formula is C9H19F.